The normalized spacial score (nSPS) is 18.4. The lowest BCUT2D eigenvalue weighted by molar-refractivity contribution is 0.00578. The highest BCUT2D eigenvalue weighted by Crippen LogP contribution is 2.36. The van der Waals surface area contributed by atoms with Gasteiger partial charge >= 0.3 is 7.12 Å². The topological polar surface area (TPSA) is 35.5 Å². The van der Waals surface area contributed by atoms with Crippen molar-refractivity contribution in [3.8, 4) is 0 Å². The van der Waals surface area contributed by atoms with Gasteiger partial charge in [0.15, 0.2) is 5.78 Å². The predicted octanol–water partition coefficient (Wildman–Crippen LogP) is 3.50. The van der Waals surface area contributed by atoms with E-state index in [-0.39, 0.29) is 11.1 Å². The molecular weight excluding hydrogens is 325 g/mol. The number of rotatable bonds is 3. The monoisotopic (exact) mass is 344 g/mol. The first-order valence-electron chi connectivity index (χ1n) is 8.06. The van der Waals surface area contributed by atoms with Crippen molar-refractivity contribution in [2.75, 3.05) is 0 Å². The Kier molecular flexibility index (Phi) is 4.29. The van der Waals surface area contributed by atoms with Gasteiger partial charge in [-0.2, -0.15) is 0 Å². The van der Waals surface area contributed by atoms with Gasteiger partial charge in [0, 0.05) is 5.56 Å². The summed E-state index contributed by atoms with van der Waals surface area (Å²) in [6.45, 7) is 7.63. The summed E-state index contributed by atoms with van der Waals surface area (Å²) in [4.78, 5) is 12.4. The maximum absolute atomic E-state index is 14.5. The molecule has 2 aromatic rings. The smallest absolute Gasteiger partial charge is 0.399 e. The predicted molar refractivity (Wildman–Crippen MR) is 91.9 cm³/mol. The van der Waals surface area contributed by atoms with Crippen molar-refractivity contribution in [2.24, 2.45) is 0 Å². The molecule has 0 amide bonds. The van der Waals surface area contributed by atoms with E-state index in [9.17, 15) is 13.6 Å². The Hall–Kier alpha value is -2.05. The molecule has 1 heterocycles. The standard InChI is InChI=1S/C19H19BF2O3/c1-18(2)19(3,4)25-20(24-18)13-8-9-15(16(22)11-13)17(23)12-6-5-7-14(21)10-12/h5-11H,1-4H3. The second-order valence-corrected chi connectivity index (χ2v) is 7.17. The second kappa shape index (κ2) is 6.04. The van der Waals surface area contributed by atoms with Crippen molar-refractivity contribution in [1.29, 1.82) is 0 Å². The lowest BCUT2D eigenvalue weighted by Gasteiger charge is -2.32. The van der Waals surface area contributed by atoms with Gasteiger partial charge in [0.2, 0.25) is 0 Å². The Labute approximate surface area is 146 Å². The maximum atomic E-state index is 14.5. The van der Waals surface area contributed by atoms with Gasteiger partial charge in [-0.25, -0.2) is 8.78 Å². The fourth-order valence-corrected chi connectivity index (χ4v) is 2.63. The minimum atomic E-state index is -0.710. The lowest BCUT2D eigenvalue weighted by atomic mass is 9.78. The first-order chi connectivity index (χ1) is 11.6. The van der Waals surface area contributed by atoms with Crippen LogP contribution >= 0.6 is 0 Å². The number of hydrogen-bond acceptors (Lipinski definition) is 3. The van der Waals surface area contributed by atoms with Gasteiger partial charge in [-0.15, -0.1) is 0 Å². The van der Waals surface area contributed by atoms with Crippen LogP contribution in [-0.4, -0.2) is 24.1 Å². The number of benzene rings is 2. The number of hydrogen-bond donors (Lipinski definition) is 0. The summed E-state index contributed by atoms with van der Waals surface area (Å²) in [6, 6.07) is 9.39. The highest BCUT2D eigenvalue weighted by Gasteiger charge is 2.51. The summed E-state index contributed by atoms with van der Waals surface area (Å²) in [7, 11) is -0.710. The van der Waals surface area contributed by atoms with Crippen LogP contribution in [0.15, 0.2) is 42.5 Å². The zero-order valence-corrected chi connectivity index (χ0v) is 14.6. The first-order valence-corrected chi connectivity index (χ1v) is 8.06. The Morgan fingerprint density at radius 3 is 2.16 bits per heavy atom. The van der Waals surface area contributed by atoms with Crippen molar-refractivity contribution in [2.45, 2.75) is 38.9 Å². The molecule has 0 aromatic heterocycles. The molecule has 3 rings (SSSR count). The van der Waals surface area contributed by atoms with E-state index in [1.54, 1.807) is 6.07 Å². The van der Waals surface area contributed by atoms with Crippen molar-refractivity contribution in [3.05, 3.63) is 65.2 Å². The van der Waals surface area contributed by atoms with Crippen LogP contribution in [-0.2, 0) is 9.31 Å². The zero-order valence-electron chi connectivity index (χ0n) is 14.6. The quantitative estimate of drug-likeness (QED) is 0.632. The van der Waals surface area contributed by atoms with Crippen molar-refractivity contribution in [3.63, 3.8) is 0 Å². The van der Waals surface area contributed by atoms with Crippen LogP contribution in [0, 0.1) is 11.6 Å². The molecule has 0 aliphatic carbocycles. The van der Waals surface area contributed by atoms with Crippen LogP contribution in [0.1, 0.15) is 43.6 Å². The number of carbonyl (C=O) groups excluding carboxylic acids is 1. The average Bonchev–Trinajstić information content (AvgIpc) is 2.75. The Morgan fingerprint density at radius 2 is 1.60 bits per heavy atom. The lowest BCUT2D eigenvalue weighted by Crippen LogP contribution is -2.41. The van der Waals surface area contributed by atoms with Crippen LogP contribution < -0.4 is 5.46 Å². The van der Waals surface area contributed by atoms with Gasteiger partial charge in [0.05, 0.1) is 16.8 Å². The van der Waals surface area contributed by atoms with Crippen molar-refractivity contribution in [1.82, 2.24) is 0 Å². The van der Waals surface area contributed by atoms with Crippen LogP contribution in [0.3, 0.4) is 0 Å². The van der Waals surface area contributed by atoms with Crippen LogP contribution in [0.2, 0.25) is 0 Å². The molecule has 0 saturated carbocycles. The van der Waals surface area contributed by atoms with Crippen molar-refractivity contribution < 1.29 is 22.9 Å². The van der Waals surface area contributed by atoms with E-state index < -0.39 is 35.7 Å². The van der Waals surface area contributed by atoms with E-state index in [0.29, 0.717) is 5.46 Å². The number of carbonyl (C=O) groups is 1. The van der Waals surface area contributed by atoms with Gasteiger partial charge in [-0.3, -0.25) is 4.79 Å². The molecule has 0 N–H and O–H groups in total. The molecule has 0 spiro atoms. The maximum Gasteiger partial charge on any atom is 0.494 e. The van der Waals surface area contributed by atoms with Crippen LogP contribution in [0.25, 0.3) is 0 Å². The minimum absolute atomic E-state index is 0.0993. The molecule has 0 bridgehead atoms. The van der Waals surface area contributed by atoms with Gasteiger partial charge in [0.25, 0.3) is 0 Å². The molecule has 25 heavy (non-hydrogen) atoms. The Morgan fingerprint density at radius 1 is 0.960 bits per heavy atom. The summed E-state index contributed by atoms with van der Waals surface area (Å²) in [5.41, 5.74) is -0.603. The SMILES string of the molecule is CC1(C)OB(c2ccc(C(=O)c3cccc(F)c3)c(F)c2)OC1(C)C. The highest BCUT2D eigenvalue weighted by atomic mass is 19.1. The summed E-state index contributed by atoms with van der Waals surface area (Å²) in [6.07, 6.45) is 0. The molecule has 1 aliphatic heterocycles. The number of halogens is 2. The first kappa shape index (κ1) is 17.8. The molecule has 2 aromatic carbocycles. The van der Waals surface area contributed by atoms with E-state index in [0.717, 1.165) is 6.07 Å². The number of ketones is 1. The molecule has 1 fully saturated rings. The van der Waals surface area contributed by atoms with E-state index in [4.69, 9.17) is 9.31 Å². The Balaban J connectivity index is 1.88. The summed E-state index contributed by atoms with van der Waals surface area (Å²) in [5.74, 6) is -1.81. The third kappa shape index (κ3) is 3.24. The van der Waals surface area contributed by atoms with E-state index in [1.807, 2.05) is 27.7 Å². The van der Waals surface area contributed by atoms with Crippen molar-refractivity contribution >= 4 is 18.4 Å². The van der Waals surface area contributed by atoms with E-state index in [2.05, 4.69) is 0 Å². The molecular formula is C19H19BF2O3. The Bertz CT molecular complexity index is 817. The average molecular weight is 344 g/mol. The zero-order chi connectivity index (χ0) is 18.4. The molecule has 1 aliphatic rings. The third-order valence-electron chi connectivity index (χ3n) is 4.85. The third-order valence-corrected chi connectivity index (χ3v) is 4.85. The molecule has 130 valence electrons. The molecule has 0 unspecified atom stereocenters. The largest absolute Gasteiger partial charge is 0.494 e. The van der Waals surface area contributed by atoms with E-state index in [1.165, 1.54) is 30.3 Å². The van der Waals surface area contributed by atoms with Gasteiger partial charge in [0.1, 0.15) is 11.6 Å². The fourth-order valence-electron chi connectivity index (χ4n) is 2.63. The second-order valence-electron chi connectivity index (χ2n) is 7.17. The van der Waals surface area contributed by atoms with Gasteiger partial charge < -0.3 is 9.31 Å². The summed E-state index contributed by atoms with van der Waals surface area (Å²) < 4.78 is 39.5. The van der Waals surface area contributed by atoms with Crippen LogP contribution in [0.4, 0.5) is 8.78 Å². The fraction of sp³-hybridized carbons (Fsp3) is 0.316. The van der Waals surface area contributed by atoms with Crippen LogP contribution in [0.5, 0.6) is 0 Å². The van der Waals surface area contributed by atoms with Gasteiger partial charge in [-0.1, -0.05) is 18.2 Å². The molecule has 1 saturated heterocycles. The van der Waals surface area contributed by atoms with Gasteiger partial charge in [-0.05, 0) is 57.4 Å². The minimum Gasteiger partial charge on any atom is -0.399 e. The summed E-state index contributed by atoms with van der Waals surface area (Å²) in [5, 5.41) is 0. The molecule has 6 heteroatoms. The molecule has 3 nitrogen and oxygen atoms in total. The highest BCUT2D eigenvalue weighted by molar-refractivity contribution is 6.62. The molecule has 0 radical (unpaired) electrons. The van der Waals surface area contributed by atoms with E-state index >= 15 is 0 Å². The molecule has 0 atom stereocenters. The summed E-state index contributed by atoms with van der Waals surface area (Å²) >= 11 is 0.